The number of ether oxygens (including phenoxy) is 1. The second-order valence-electron chi connectivity index (χ2n) is 3.03. The van der Waals surface area contributed by atoms with Gasteiger partial charge in [0, 0.05) is 18.6 Å². The summed E-state index contributed by atoms with van der Waals surface area (Å²) in [6.07, 6.45) is 6.29. The highest BCUT2D eigenvalue weighted by Crippen LogP contribution is 2.22. The zero-order chi connectivity index (χ0) is 12.0. The molecule has 5 heteroatoms. The van der Waals surface area contributed by atoms with Gasteiger partial charge in [0.15, 0.2) is 0 Å². The number of terminal acetylenes is 1. The zero-order valence-corrected chi connectivity index (χ0v) is 8.48. The topological polar surface area (TPSA) is 52.4 Å². The van der Waals surface area contributed by atoms with E-state index in [9.17, 15) is 14.5 Å². The van der Waals surface area contributed by atoms with Gasteiger partial charge in [-0.15, -0.1) is 12.3 Å². The number of rotatable bonds is 5. The molecule has 0 radical (unpaired) electrons. The molecule has 1 rings (SSSR count). The van der Waals surface area contributed by atoms with Crippen LogP contribution in [0.25, 0.3) is 0 Å². The molecule has 0 unspecified atom stereocenters. The minimum Gasteiger partial charge on any atom is -0.493 e. The molecule has 0 amide bonds. The summed E-state index contributed by atoms with van der Waals surface area (Å²) in [5.41, 5.74) is -0.559. The maximum absolute atomic E-state index is 13.1. The Kier molecular flexibility index (Phi) is 4.28. The first kappa shape index (κ1) is 12.0. The van der Waals surface area contributed by atoms with Gasteiger partial charge in [0.2, 0.25) is 5.82 Å². The average molecular weight is 223 g/mol. The van der Waals surface area contributed by atoms with Crippen molar-refractivity contribution in [3.8, 4) is 18.1 Å². The molecule has 4 nitrogen and oxygen atoms in total. The van der Waals surface area contributed by atoms with Crippen LogP contribution in [0.3, 0.4) is 0 Å². The molecule has 84 valence electrons. The lowest BCUT2D eigenvalue weighted by Gasteiger charge is -2.04. The second-order valence-corrected chi connectivity index (χ2v) is 3.03. The zero-order valence-electron chi connectivity index (χ0n) is 8.48. The molecule has 0 bridgehead atoms. The fourth-order valence-corrected chi connectivity index (χ4v) is 1.09. The van der Waals surface area contributed by atoms with Crippen LogP contribution in [-0.4, -0.2) is 11.5 Å². The molecule has 1 aromatic carbocycles. The van der Waals surface area contributed by atoms with Crippen LogP contribution in [0.15, 0.2) is 18.2 Å². The average Bonchev–Trinajstić information content (AvgIpc) is 2.24. The Morgan fingerprint density at radius 1 is 1.56 bits per heavy atom. The molecule has 0 saturated heterocycles. The standard InChI is InChI=1S/C11H10FNO3/c1-2-3-4-7-16-9-5-6-11(13(14)15)10(12)8-9/h1,5-6,8H,3-4,7H2. The quantitative estimate of drug-likeness (QED) is 0.333. The van der Waals surface area contributed by atoms with Crippen LogP contribution in [0, 0.1) is 28.3 Å². The van der Waals surface area contributed by atoms with E-state index in [-0.39, 0.29) is 5.75 Å². The number of hydrogen-bond acceptors (Lipinski definition) is 3. The third kappa shape index (κ3) is 3.24. The van der Waals surface area contributed by atoms with Crippen molar-refractivity contribution < 1.29 is 14.1 Å². The highest BCUT2D eigenvalue weighted by molar-refractivity contribution is 5.37. The summed E-state index contributed by atoms with van der Waals surface area (Å²) in [7, 11) is 0. The van der Waals surface area contributed by atoms with E-state index >= 15 is 0 Å². The number of benzene rings is 1. The molecule has 0 aliphatic carbocycles. The van der Waals surface area contributed by atoms with Gasteiger partial charge < -0.3 is 4.74 Å². The third-order valence-corrected chi connectivity index (χ3v) is 1.85. The first-order valence-electron chi connectivity index (χ1n) is 4.65. The van der Waals surface area contributed by atoms with Crippen molar-refractivity contribution in [1.29, 1.82) is 0 Å². The summed E-state index contributed by atoms with van der Waals surface area (Å²) < 4.78 is 18.3. The Labute approximate surface area is 92.2 Å². The fourth-order valence-electron chi connectivity index (χ4n) is 1.09. The fraction of sp³-hybridized carbons (Fsp3) is 0.273. The van der Waals surface area contributed by atoms with Crippen molar-refractivity contribution in [2.24, 2.45) is 0 Å². The summed E-state index contributed by atoms with van der Waals surface area (Å²) in [5, 5.41) is 10.3. The summed E-state index contributed by atoms with van der Waals surface area (Å²) in [4.78, 5) is 9.55. The van der Waals surface area contributed by atoms with E-state index in [2.05, 4.69) is 5.92 Å². The van der Waals surface area contributed by atoms with E-state index in [4.69, 9.17) is 11.2 Å². The molecule has 0 fully saturated rings. The third-order valence-electron chi connectivity index (χ3n) is 1.85. The highest BCUT2D eigenvalue weighted by atomic mass is 19.1. The molecule has 0 aliphatic heterocycles. The lowest BCUT2D eigenvalue weighted by Crippen LogP contribution is -1.98. The summed E-state index contributed by atoms with van der Waals surface area (Å²) in [6.45, 7) is 0.363. The largest absolute Gasteiger partial charge is 0.493 e. The number of nitro benzene ring substituents is 1. The molecule has 0 saturated carbocycles. The molecule has 16 heavy (non-hydrogen) atoms. The minimum absolute atomic E-state index is 0.264. The van der Waals surface area contributed by atoms with E-state index in [0.29, 0.717) is 19.4 Å². The SMILES string of the molecule is C#CCCCOc1ccc([N+](=O)[O-])c(F)c1. The monoisotopic (exact) mass is 223 g/mol. The van der Waals surface area contributed by atoms with Crippen molar-refractivity contribution in [2.45, 2.75) is 12.8 Å². The predicted molar refractivity (Wildman–Crippen MR) is 56.6 cm³/mol. The van der Waals surface area contributed by atoms with Crippen LogP contribution in [0.1, 0.15) is 12.8 Å². The van der Waals surface area contributed by atoms with Gasteiger partial charge in [0.05, 0.1) is 11.5 Å². The number of halogens is 1. The summed E-state index contributed by atoms with van der Waals surface area (Å²) in [6, 6.07) is 3.43. The van der Waals surface area contributed by atoms with Crippen LogP contribution >= 0.6 is 0 Å². The van der Waals surface area contributed by atoms with Crippen molar-refractivity contribution in [3.63, 3.8) is 0 Å². The van der Waals surface area contributed by atoms with Crippen LogP contribution in [-0.2, 0) is 0 Å². The molecule has 1 aromatic rings. The van der Waals surface area contributed by atoms with Crippen molar-refractivity contribution in [2.75, 3.05) is 6.61 Å². The van der Waals surface area contributed by atoms with Gasteiger partial charge in [-0.05, 0) is 12.5 Å². The molecule has 0 N–H and O–H groups in total. The lowest BCUT2D eigenvalue weighted by atomic mass is 10.3. The van der Waals surface area contributed by atoms with Crippen LogP contribution in [0.2, 0.25) is 0 Å². The number of hydrogen-bond donors (Lipinski definition) is 0. The molecule has 0 aromatic heterocycles. The van der Waals surface area contributed by atoms with Crippen LogP contribution in [0.5, 0.6) is 5.75 Å². The smallest absolute Gasteiger partial charge is 0.305 e. The van der Waals surface area contributed by atoms with E-state index in [1.807, 2.05) is 0 Å². The first-order chi connectivity index (χ1) is 7.65. The van der Waals surface area contributed by atoms with Gasteiger partial charge in [-0.25, -0.2) is 0 Å². The van der Waals surface area contributed by atoms with Gasteiger partial charge >= 0.3 is 5.69 Å². The van der Waals surface area contributed by atoms with Crippen LogP contribution < -0.4 is 4.74 Å². The van der Waals surface area contributed by atoms with Crippen LogP contribution in [0.4, 0.5) is 10.1 Å². The van der Waals surface area contributed by atoms with E-state index in [1.165, 1.54) is 6.07 Å². The summed E-state index contributed by atoms with van der Waals surface area (Å²) in [5.74, 6) is 1.81. The molecule has 0 spiro atoms. The molecular weight excluding hydrogens is 213 g/mol. The molecular formula is C11H10FNO3. The molecule has 0 atom stereocenters. The van der Waals surface area contributed by atoms with Gasteiger partial charge in [0.25, 0.3) is 0 Å². The highest BCUT2D eigenvalue weighted by Gasteiger charge is 2.13. The lowest BCUT2D eigenvalue weighted by molar-refractivity contribution is -0.387. The van der Waals surface area contributed by atoms with Gasteiger partial charge in [-0.3, -0.25) is 10.1 Å². The Morgan fingerprint density at radius 2 is 2.31 bits per heavy atom. The molecule has 0 heterocycles. The minimum atomic E-state index is -0.903. The number of nitrogens with zero attached hydrogens (tertiary/aromatic N) is 1. The Morgan fingerprint density at radius 3 is 2.88 bits per heavy atom. The van der Waals surface area contributed by atoms with Crippen molar-refractivity contribution >= 4 is 5.69 Å². The van der Waals surface area contributed by atoms with Crippen molar-refractivity contribution in [3.05, 3.63) is 34.1 Å². The predicted octanol–water partition coefficient (Wildman–Crippen LogP) is 2.53. The maximum atomic E-state index is 13.1. The number of nitro groups is 1. The van der Waals surface area contributed by atoms with Gasteiger partial charge in [-0.1, -0.05) is 0 Å². The maximum Gasteiger partial charge on any atom is 0.305 e. The Hall–Kier alpha value is -2.09. The van der Waals surface area contributed by atoms with E-state index < -0.39 is 16.4 Å². The van der Waals surface area contributed by atoms with E-state index in [0.717, 1.165) is 12.1 Å². The Balaban J connectivity index is 2.60. The number of unbranched alkanes of at least 4 members (excludes halogenated alkanes) is 1. The molecule has 0 aliphatic rings. The van der Waals surface area contributed by atoms with Crippen molar-refractivity contribution in [1.82, 2.24) is 0 Å². The van der Waals surface area contributed by atoms with E-state index in [1.54, 1.807) is 0 Å². The van der Waals surface area contributed by atoms with Gasteiger partial charge in [0.1, 0.15) is 5.75 Å². The first-order valence-corrected chi connectivity index (χ1v) is 4.65. The normalized spacial score (nSPS) is 9.50. The summed E-state index contributed by atoms with van der Waals surface area (Å²) >= 11 is 0. The second kappa shape index (κ2) is 5.71. The Bertz CT molecular complexity index is 426. The van der Waals surface area contributed by atoms with Gasteiger partial charge in [-0.2, -0.15) is 4.39 Å².